The van der Waals surface area contributed by atoms with Gasteiger partial charge in [0.25, 0.3) is 5.91 Å². The lowest BCUT2D eigenvalue weighted by atomic mass is 10.1. The molecule has 0 fully saturated rings. The topological polar surface area (TPSA) is 92.8 Å². The highest BCUT2D eigenvalue weighted by Crippen LogP contribution is 2.32. The number of ether oxygens (including phenoxy) is 1. The summed E-state index contributed by atoms with van der Waals surface area (Å²) in [4.78, 5) is 24.0. The van der Waals surface area contributed by atoms with Crippen LogP contribution in [0.5, 0.6) is 0 Å². The molecule has 1 amide bonds. The Morgan fingerprint density at radius 2 is 1.68 bits per heavy atom. The van der Waals surface area contributed by atoms with Crippen molar-refractivity contribution in [3.63, 3.8) is 0 Å². The van der Waals surface area contributed by atoms with Crippen molar-refractivity contribution < 1.29 is 35.9 Å². The molecule has 2 aromatic carbocycles. The van der Waals surface area contributed by atoms with E-state index in [-0.39, 0.29) is 23.7 Å². The number of rotatable bonds is 8. The van der Waals surface area contributed by atoms with Gasteiger partial charge in [0, 0.05) is 18.8 Å². The van der Waals surface area contributed by atoms with Gasteiger partial charge in [0.15, 0.2) is 6.61 Å². The van der Waals surface area contributed by atoms with Crippen molar-refractivity contribution in [2.24, 2.45) is 0 Å². The molecule has 11 heteroatoms. The van der Waals surface area contributed by atoms with E-state index in [1.165, 1.54) is 34.6 Å². The van der Waals surface area contributed by atoms with Crippen molar-refractivity contribution in [3.8, 4) is 0 Å². The number of benzene rings is 2. The third-order valence-electron chi connectivity index (χ3n) is 4.25. The Morgan fingerprint density at radius 3 is 2.29 bits per heavy atom. The molecule has 0 unspecified atom stereocenters. The number of alkyl halides is 3. The van der Waals surface area contributed by atoms with Crippen LogP contribution in [0.2, 0.25) is 0 Å². The Kier molecular flexibility index (Phi) is 7.80. The normalized spacial score (nSPS) is 11.9. The van der Waals surface area contributed by atoms with Crippen molar-refractivity contribution in [3.05, 3.63) is 59.7 Å². The second kappa shape index (κ2) is 9.92. The number of sulfonamides is 1. The number of esters is 1. The van der Waals surface area contributed by atoms with E-state index >= 15 is 0 Å². The fourth-order valence-electron chi connectivity index (χ4n) is 2.76. The summed E-state index contributed by atoms with van der Waals surface area (Å²) in [6, 6.07) is 9.53. The second-order valence-corrected chi connectivity index (χ2v) is 8.22. The van der Waals surface area contributed by atoms with Crippen LogP contribution >= 0.6 is 0 Å². The van der Waals surface area contributed by atoms with E-state index in [0.29, 0.717) is 0 Å². The zero-order chi connectivity index (χ0) is 23.2. The zero-order valence-corrected chi connectivity index (χ0v) is 17.6. The fraction of sp³-hybridized carbons (Fsp3) is 0.300. The quantitative estimate of drug-likeness (QED) is 0.611. The summed E-state index contributed by atoms with van der Waals surface area (Å²) in [7, 11) is -3.75. The van der Waals surface area contributed by atoms with Crippen molar-refractivity contribution in [1.82, 2.24) is 4.31 Å². The lowest BCUT2D eigenvalue weighted by Gasteiger charge is -2.18. The molecule has 0 heterocycles. The Hall–Kier alpha value is -2.92. The lowest BCUT2D eigenvalue weighted by molar-refractivity contribution is -0.138. The molecule has 0 aliphatic carbocycles. The van der Waals surface area contributed by atoms with E-state index in [1.807, 2.05) is 0 Å². The van der Waals surface area contributed by atoms with Crippen LogP contribution in [-0.4, -0.2) is 44.3 Å². The second-order valence-electron chi connectivity index (χ2n) is 6.28. The Labute approximate surface area is 177 Å². The first-order chi connectivity index (χ1) is 14.5. The number of anilines is 1. The maximum absolute atomic E-state index is 13.0. The molecule has 0 aromatic heterocycles. The molecule has 0 spiro atoms. The molecule has 168 valence electrons. The van der Waals surface area contributed by atoms with E-state index in [4.69, 9.17) is 4.74 Å². The summed E-state index contributed by atoms with van der Waals surface area (Å²) >= 11 is 0. The molecule has 2 aromatic rings. The van der Waals surface area contributed by atoms with Gasteiger partial charge in [-0.1, -0.05) is 32.0 Å². The van der Waals surface area contributed by atoms with Crippen LogP contribution in [0.25, 0.3) is 0 Å². The lowest BCUT2D eigenvalue weighted by Crippen LogP contribution is -2.30. The summed E-state index contributed by atoms with van der Waals surface area (Å²) in [5, 5.41) is 2.36. The van der Waals surface area contributed by atoms with Crippen LogP contribution < -0.4 is 5.32 Å². The van der Waals surface area contributed by atoms with Gasteiger partial charge >= 0.3 is 12.1 Å². The highest BCUT2D eigenvalue weighted by Gasteiger charge is 2.35. The number of nitrogens with one attached hydrogen (secondary N) is 1. The van der Waals surface area contributed by atoms with E-state index < -0.39 is 45.8 Å². The number of halogens is 3. The number of hydrogen-bond donors (Lipinski definition) is 1. The van der Waals surface area contributed by atoms with Gasteiger partial charge in [-0.2, -0.15) is 17.5 Å². The predicted octanol–water partition coefficient (Wildman–Crippen LogP) is 3.53. The Bertz CT molecular complexity index is 1050. The molecule has 0 saturated carbocycles. The molecular weight excluding hydrogens is 437 g/mol. The van der Waals surface area contributed by atoms with Crippen molar-refractivity contribution in [2.45, 2.75) is 24.9 Å². The molecule has 2 rings (SSSR count). The van der Waals surface area contributed by atoms with Crippen LogP contribution in [-0.2, 0) is 25.7 Å². The minimum Gasteiger partial charge on any atom is -0.452 e. The predicted molar refractivity (Wildman–Crippen MR) is 107 cm³/mol. The third-order valence-corrected chi connectivity index (χ3v) is 6.29. The average molecular weight is 458 g/mol. The highest BCUT2D eigenvalue weighted by molar-refractivity contribution is 7.89. The largest absolute Gasteiger partial charge is 0.452 e. The van der Waals surface area contributed by atoms with Crippen LogP contribution in [0.4, 0.5) is 18.9 Å². The number of carbonyl (C=O) groups excluding carboxylic acids is 2. The third kappa shape index (κ3) is 6.05. The summed E-state index contributed by atoms with van der Waals surface area (Å²) in [5.74, 6) is -2.14. The molecule has 0 aliphatic heterocycles. The van der Waals surface area contributed by atoms with Gasteiger partial charge in [0.05, 0.1) is 16.0 Å². The number of carbonyl (C=O) groups is 2. The first kappa shape index (κ1) is 24.4. The minimum absolute atomic E-state index is 0.0369. The SMILES string of the molecule is CCN(CC)S(=O)(=O)c1cccc(NC(=O)COC(=O)c2ccccc2C(F)(F)F)c1. The molecular formula is C20H21F3N2O5S. The molecule has 0 aliphatic rings. The summed E-state index contributed by atoms with van der Waals surface area (Å²) in [5.41, 5.74) is -1.75. The number of nitrogens with zero attached hydrogens (tertiary/aromatic N) is 1. The summed E-state index contributed by atoms with van der Waals surface area (Å²) < 4.78 is 70.1. The molecule has 0 bridgehead atoms. The molecule has 0 saturated heterocycles. The highest BCUT2D eigenvalue weighted by atomic mass is 32.2. The Morgan fingerprint density at radius 1 is 1.03 bits per heavy atom. The zero-order valence-electron chi connectivity index (χ0n) is 16.8. The van der Waals surface area contributed by atoms with Crippen molar-refractivity contribution >= 4 is 27.6 Å². The van der Waals surface area contributed by atoms with Crippen molar-refractivity contribution in [1.29, 1.82) is 0 Å². The first-order valence-corrected chi connectivity index (χ1v) is 10.7. The molecule has 0 atom stereocenters. The smallest absolute Gasteiger partial charge is 0.417 e. The van der Waals surface area contributed by atoms with E-state index in [0.717, 1.165) is 18.2 Å². The Balaban J connectivity index is 2.07. The van der Waals surface area contributed by atoms with Crippen LogP contribution in [0.15, 0.2) is 53.4 Å². The van der Waals surface area contributed by atoms with Gasteiger partial charge < -0.3 is 10.1 Å². The van der Waals surface area contributed by atoms with Gasteiger partial charge in [0.1, 0.15) is 0 Å². The van der Waals surface area contributed by atoms with Gasteiger partial charge in [0.2, 0.25) is 10.0 Å². The molecule has 31 heavy (non-hydrogen) atoms. The number of hydrogen-bond acceptors (Lipinski definition) is 5. The first-order valence-electron chi connectivity index (χ1n) is 9.24. The average Bonchev–Trinajstić information content (AvgIpc) is 2.72. The fourth-order valence-corrected chi connectivity index (χ4v) is 4.27. The minimum atomic E-state index is -4.76. The van der Waals surface area contributed by atoms with Gasteiger partial charge in [-0.05, 0) is 30.3 Å². The maximum atomic E-state index is 13.0. The van der Waals surface area contributed by atoms with Crippen LogP contribution in [0, 0.1) is 0 Å². The molecule has 0 radical (unpaired) electrons. The maximum Gasteiger partial charge on any atom is 0.417 e. The van der Waals surface area contributed by atoms with Crippen LogP contribution in [0.1, 0.15) is 29.8 Å². The summed E-state index contributed by atoms with van der Waals surface area (Å²) in [6.45, 7) is 3.07. The van der Waals surface area contributed by atoms with Crippen LogP contribution in [0.3, 0.4) is 0 Å². The molecule has 7 nitrogen and oxygen atoms in total. The number of amides is 1. The van der Waals surface area contributed by atoms with Crippen molar-refractivity contribution in [2.75, 3.05) is 25.0 Å². The van der Waals surface area contributed by atoms with Gasteiger partial charge in [-0.25, -0.2) is 13.2 Å². The van der Waals surface area contributed by atoms with E-state index in [2.05, 4.69) is 5.32 Å². The molecule has 1 N–H and O–H groups in total. The van der Waals surface area contributed by atoms with Gasteiger partial charge in [-0.15, -0.1) is 0 Å². The van der Waals surface area contributed by atoms with E-state index in [1.54, 1.807) is 13.8 Å². The summed E-state index contributed by atoms with van der Waals surface area (Å²) in [6.07, 6.45) is -4.76. The monoisotopic (exact) mass is 458 g/mol. The standard InChI is InChI=1S/C20H21F3N2O5S/c1-3-25(4-2)31(28,29)15-9-7-8-14(12-15)24-18(26)13-30-19(27)16-10-5-6-11-17(16)20(21,22)23/h5-12H,3-4,13H2,1-2H3,(H,24,26). The van der Waals surface area contributed by atoms with E-state index in [9.17, 15) is 31.2 Å². The van der Waals surface area contributed by atoms with Gasteiger partial charge in [-0.3, -0.25) is 4.79 Å².